The van der Waals surface area contributed by atoms with Crippen LogP contribution >= 0.6 is 0 Å². The van der Waals surface area contributed by atoms with Crippen molar-refractivity contribution in [3.8, 4) is 11.5 Å². The van der Waals surface area contributed by atoms with E-state index in [9.17, 15) is 14.9 Å². The van der Waals surface area contributed by atoms with Crippen molar-refractivity contribution in [2.75, 3.05) is 0 Å². The van der Waals surface area contributed by atoms with Crippen LogP contribution in [0, 0.1) is 17.0 Å². The molecule has 29 heavy (non-hydrogen) atoms. The molecule has 0 fully saturated rings. The van der Waals surface area contributed by atoms with E-state index in [2.05, 4.69) is 0 Å². The van der Waals surface area contributed by atoms with Gasteiger partial charge >= 0.3 is 0 Å². The average Bonchev–Trinajstić information content (AvgIpc) is 3.01. The highest BCUT2D eigenvalue weighted by atomic mass is 16.6. The van der Waals surface area contributed by atoms with Crippen molar-refractivity contribution in [1.29, 1.82) is 0 Å². The number of nitrogens with zero attached hydrogens (tertiary/aromatic N) is 1. The predicted molar refractivity (Wildman–Crippen MR) is 108 cm³/mol. The van der Waals surface area contributed by atoms with Crippen molar-refractivity contribution in [3.05, 3.63) is 105 Å². The molecule has 0 atom stereocenters. The molecule has 6 nitrogen and oxygen atoms in total. The number of ketones is 1. The van der Waals surface area contributed by atoms with Gasteiger partial charge in [0.15, 0.2) is 5.76 Å². The van der Waals surface area contributed by atoms with Crippen LogP contribution < -0.4 is 9.47 Å². The van der Waals surface area contributed by atoms with E-state index >= 15 is 0 Å². The molecule has 3 aromatic rings. The monoisotopic (exact) mass is 387 g/mol. The number of hydrogen-bond donors (Lipinski definition) is 0. The Kier molecular flexibility index (Phi) is 4.83. The minimum absolute atomic E-state index is 0.0334. The Morgan fingerprint density at radius 1 is 1.07 bits per heavy atom. The van der Waals surface area contributed by atoms with E-state index in [1.165, 1.54) is 12.1 Å². The summed E-state index contributed by atoms with van der Waals surface area (Å²) in [6, 6.07) is 19.0. The summed E-state index contributed by atoms with van der Waals surface area (Å²) in [5.74, 6) is 1.11. The lowest BCUT2D eigenvalue weighted by Gasteiger charge is -2.07. The van der Waals surface area contributed by atoms with E-state index in [1.807, 2.05) is 31.2 Å². The maximum Gasteiger partial charge on any atom is 0.269 e. The molecule has 4 rings (SSSR count). The normalized spacial score (nSPS) is 13.8. The molecule has 0 bridgehead atoms. The molecular weight excluding hydrogens is 370 g/mol. The van der Waals surface area contributed by atoms with Gasteiger partial charge in [-0.05, 0) is 48.4 Å². The molecule has 1 aliphatic rings. The van der Waals surface area contributed by atoms with E-state index < -0.39 is 4.92 Å². The first-order valence-electron chi connectivity index (χ1n) is 9.01. The Morgan fingerprint density at radius 2 is 1.86 bits per heavy atom. The number of allylic oxidation sites excluding steroid dienone is 1. The molecule has 0 spiro atoms. The Morgan fingerprint density at radius 3 is 2.59 bits per heavy atom. The fourth-order valence-electron chi connectivity index (χ4n) is 3.05. The average molecular weight is 387 g/mol. The maximum atomic E-state index is 12.6. The molecule has 0 aromatic heterocycles. The summed E-state index contributed by atoms with van der Waals surface area (Å²) < 4.78 is 11.5. The third-order valence-electron chi connectivity index (χ3n) is 4.53. The van der Waals surface area contributed by atoms with Gasteiger partial charge in [-0.15, -0.1) is 0 Å². The Labute approximate surface area is 167 Å². The number of ether oxygens (including phenoxy) is 2. The van der Waals surface area contributed by atoms with Gasteiger partial charge in [-0.2, -0.15) is 0 Å². The first-order chi connectivity index (χ1) is 14.0. The number of carbonyl (C=O) groups excluding carboxylic acids is 1. The smallest absolute Gasteiger partial charge is 0.269 e. The highest BCUT2D eigenvalue weighted by molar-refractivity contribution is 6.14. The van der Waals surface area contributed by atoms with Crippen LogP contribution in [-0.4, -0.2) is 10.7 Å². The molecule has 0 aliphatic carbocycles. The van der Waals surface area contributed by atoms with Crippen molar-refractivity contribution in [3.63, 3.8) is 0 Å². The Hall–Kier alpha value is -3.93. The van der Waals surface area contributed by atoms with Gasteiger partial charge in [0.25, 0.3) is 5.69 Å². The second-order valence-electron chi connectivity index (χ2n) is 6.72. The maximum absolute atomic E-state index is 12.6. The summed E-state index contributed by atoms with van der Waals surface area (Å²) in [5.41, 5.74) is 3.32. The number of Topliss-reactive ketones (excluding diaryl/α,β-unsaturated/α-hetero) is 1. The number of benzene rings is 3. The lowest BCUT2D eigenvalue weighted by atomic mass is 10.1. The summed E-state index contributed by atoms with van der Waals surface area (Å²) in [7, 11) is 0. The minimum Gasteiger partial charge on any atom is -0.489 e. The number of carbonyl (C=O) groups is 1. The van der Waals surface area contributed by atoms with E-state index in [0.29, 0.717) is 17.1 Å². The molecule has 0 unspecified atom stereocenters. The number of non-ortho nitro benzene ring substituents is 1. The SMILES string of the molecule is Cc1cccc(C=C2Oc3cc(OCc4ccc([N+](=O)[O-])cc4)ccc3C2=O)c1. The highest BCUT2D eigenvalue weighted by Gasteiger charge is 2.27. The van der Waals surface area contributed by atoms with Crippen molar-refractivity contribution in [2.45, 2.75) is 13.5 Å². The van der Waals surface area contributed by atoms with Crippen molar-refractivity contribution >= 4 is 17.5 Å². The van der Waals surface area contributed by atoms with Gasteiger partial charge in [0.2, 0.25) is 5.78 Å². The molecule has 1 heterocycles. The molecule has 0 radical (unpaired) electrons. The summed E-state index contributed by atoms with van der Waals surface area (Å²) in [4.78, 5) is 22.8. The Bertz CT molecular complexity index is 1130. The largest absolute Gasteiger partial charge is 0.489 e. The summed E-state index contributed by atoms with van der Waals surface area (Å²) >= 11 is 0. The van der Waals surface area contributed by atoms with Crippen LogP contribution in [0.1, 0.15) is 27.0 Å². The zero-order chi connectivity index (χ0) is 20.4. The third-order valence-corrected chi connectivity index (χ3v) is 4.53. The molecule has 6 heteroatoms. The van der Waals surface area contributed by atoms with Gasteiger partial charge in [0, 0.05) is 18.2 Å². The first kappa shape index (κ1) is 18.4. The zero-order valence-electron chi connectivity index (χ0n) is 15.6. The van der Waals surface area contributed by atoms with Crippen LogP contribution in [0.5, 0.6) is 11.5 Å². The summed E-state index contributed by atoms with van der Waals surface area (Å²) in [5, 5.41) is 10.7. The topological polar surface area (TPSA) is 78.7 Å². The number of fused-ring (bicyclic) bond motifs is 1. The molecule has 1 aliphatic heterocycles. The lowest BCUT2D eigenvalue weighted by molar-refractivity contribution is -0.384. The highest BCUT2D eigenvalue weighted by Crippen LogP contribution is 2.35. The van der Waals surface area contributed by atoms with E-state index in [0.717, 1.165) is 16.7 Å². The lowest BCUT2D eigenvalue weighted by Crippen LogP contribution is -1.98. The van der Waals surface area contributed by atoms with Gasteiger partial charge in [0.05, 0.1) is 10.5 Å². The minimum atomic E-state index is -0.443. The second-order valence-corrected chi connectivity index (χ2v) is 6.72. The third kappa shape index (κ3) is 4.01. The van der Waals surface area contributed by atoms with Crippen LogP contribution in [0.25, 0.3) is 6.08 Å². The number of nitro groups is 1. The number of aryl methyl sites for hydroxylation is 1. The predicted octanol–water partition coefficient (Wildman–Crippen LogP) is 5.10. The van der Waals surface area contributed by atoms with Gasteiger partial charge in [-0.1, -0.05) is 29.8 Å². The fraction of sp³-hybridized carbons (Fsp3) is 0.0870. The van der Waals surface area contributed by atoms with Gasteiger partial charge in [-0.3, -0.25) is 14.9 Å². The molecule has 0 saturated carbocycles. The van der Waals surface area contributed by atoms with Crippen LogP contribution in [0.4, 0.5) is 5.69 Å². The van der Waals surface area contributed by atoms with Crippen LogP contribution in [0.2, 0.25) is 0 Å². The van der Waals surface area contributed by atoms with E-state index in [-0.39, 0.29) is 23.8 Å². The van der Waals surface area contributed by atoms with Crippen LogP contribution in [-0.2, 0) is 6.61 Å². The van der Waals surface area contributed by atoms with Gasteiger partial charge in [0.1, 0.15) is 18.1 Å². The molecule has 144 valence electrons. The van der Waals surface area contributed by atoms with Crippen molar-refractivity contribution in [1.82, 2.24) is 0 Å². The quantitative estimate of drug-likeness (QED) is 0.346. The van der Waals surface area contributed by atoms with Crippen molar-refractivity contribution in [2.24, 2.45) is 0 Å². The molecule has 0 amide bonds. The molecule has 0 saturated heterocycles. The molecular formula is C23H17NO5. The second kappa shape index (κ2) is 7.59. The number of nitro benzene ring substituents is 1. The van der Waals surface area contributed by atoms with Crippen LogP contribution in [0.3, 0.4) is 0 Å². The zero-order valence-corrected chi connectivity index (χ0v) is 15.6. The van der Waals surface area contributed by atoms with E-state index in [1.54, 1.807) is 36.4 Å². The molecule has 3 aromatic carbocycles. The summed E-state index contributed by atoms with van der Waals surface area (Å²) in [6.45, 7) is 2.24. The standard InChI is InChI=1S/C23H17NO5/c1-15-3-2-4-17(11-15)12-22-23(25)20-10-9-19(13-21(20)29-22)28-14-16-5-7-18(8-6-16)24(26)27/h2-13H,14H2,1H3. The number of hydrogen-bond acceptors (Lipinski definition) is 5. The van der Waals surface area contributed by atoms with Gasteiger partial charge in [-0.25, -0.2) is 0 Å². The first-order valence-corrected chi connectivity index (χ1v) is 9.01. The van der Waals surface area contributed by atoms with E-state index in [4.69, 9.17) is 9.47 Å². The van der Waals surface area contributed by atoms with Gasteiger partial charge < -0.3 is 9.47 Å². The molecule has 0 N–H and O–H groups in total. The van der Waals surface area contributed by atoms with Crippen molar-refractivity contribution < 1.29 is 19.2 Å². The Balaban J connectivity index is 1.48. The fourth-order valence-corrected chi connectivity index (χ4v) is 3.05. The van der Waals surface area contributed by atoms with Crippen LogP contribution in [0.15, 0.2) is 72.5 Å². The summed E-state index contributed by atoms with van der Waals surface area (Å²) in [6.07, 6.45) is 1.73. The number of rotatable bonds is 5.